The molecular formula is C20H17N5O5. The van der Waals surface area contributed by atoms with Crippen molar-refractivity contribution in [2.75, 3.05) is 14.2 Å². The van der Waals surface area contributed by atoms with E-state index < -0.39 is 11.6 Å². The van der Waals surface area contributed by atoms with Crippen LogP contribution in [0.2, 0.25) is 0 Å². The summed E-state index contributed by atoms with van der Waals surface area (Å²) >= 11 is 0. The van der Waals surface area contributed by atoms with E-state index in [4.69, 9.17) is 15.2 Å². The van der Waals surface area contributed by atoms with Crippen molar-refractivity contribution in [2.24, 2.45) is 5.73 Å². The molecule has 0 bridgehead atoms. The quantitative estimate of drug-likeness (QED) is 0.455. The highest BCUT2D eigenvalue weighted by Crippen LogP contribution is 2.36. The Morgan fingerprint density at radius 3 is 2.47 bits per heavy atom. The number of aromatic nitrogens is 4. The maximum Gasteiger partial charge on any atom is 0.332 e. The van der Waals surface area contributed by atoms with Crippen molar-refractivity contribution in [1.29, 1.82) is 0 Å². The highest BCUT2D eigenvalue weighted by molar-refractivity contribution is 6.02. The predicted molar refractivity (Wildman–Crippen MR) is 108 cm³/mol. The molecular weight excluding hydrogens is 390 g/mol. The van der Waals surface area contributed by atoms with E-state index in [9.17, 15) is 14.7 Å². The molecule has 0 atom stereocenters. The molecule has 0 saturated carbocycles. The number of amides is 1. The lowest BCUT2D eigenvalue weighted by Gasteiger charge is -2.11. The third-order valence-electron chi connectivity index (χ3n) is 4.56. The molecule has 10 nitrogen and oxygen atoms in total. The Kier molecular flexibility index (Phi) is 4.59. The van der Waals surface area contributed by atoms with E-state index in [0.29, 0.717) is 11.4 Å². The zero-order valence-corrected chi connectivity index (χ0v) is 16.0. The first-order valence-electron chi connectivity index (χ1n) is 8.78. The number of imidazole rings is 1. The summed E-state index contributed by atoms with van der Waals surface area (Å²) in [5.41, 5.74) is 5.55. The number of para-hydroxylation sites is 3. The van der Waals surface area contributed by atoms with Gasteiger partial charge in [0.15, 0.2) is 28.7 Å². The Balaban J connectivity index is 2.09. The Bertz CT molecular complexity index is 1340. The molecule has 10 heteroatoms. The number of primary amides is 1. The van der Waals surface area contributed by atoms with Gasteiger partial charge in [-0.3, -0.25) is 4.79 Å². The molecule has 0 aliphatic rings. The molecule has 0 aliphatic carbocycles. The number of phenols is 1. The van der Waals surface area contributed by atoms with Gasteiger partial charge in [-0.2, -0.15) is 0 Å². The minimum atomic E-state index is -0.862. The van der Waals surface area contributed by atoms with E-state index in [-0.39, 0.29) is 39.7 Å². The second-order valence-electron chi connectivity index (χ2n) is 6.25. The fourth-order valence-corrected chi connectivity index (χ4v) is 3.19. The summed E-state index contributed by atoms with van der Waals surface area (Å²) in [7, 11) is 2.88. The third kappa shape index (κ3) is 2.91. The molecule has 4 rings (SSSR count). The molecule has 152 valence electrons. The van der Waals surface area contributed by atoms with E-state index in [1.165, 1.54) is 18.8 Å². The predicted octanol–water partition coefficient (Wildman–Crippen LogP) is 1.60. The fourth-order valence-electron chi connectivity index (χ4n) is 3.19. The molecule has 2 aromatic heterocycles. The molecule has 0 aliphatic heterocycles. The number of H-pyrrole nitrogens is 1. The highest BCUT2D eigenvalue weighted by Gasteiger charge is 2.23. The van der Waals surface area contributed by atoms with Gasteiger partial charge in [0.2, 0.25) is 0 Å². The molecule has 30 heavy (non-hydrogen) atoms. The summed E-state index contributed by atoms with van der Waals surface area (Å²) in [5.74, 6) is -0.454. The van der Waals surface area contributed by atoms with Crippen LogP contribution in [0.25, 0.3) is 28.2 Å². The van der Waals surface area contributed by atoms with Crippen LogP contribution in [-0.4, -0.2) is 44.8 Å². The van der Waals surface area contributed by atoms with Gasteiger partial charge < -0.3 is 25.3 Å². The Labute approximate surface area is 169 Å². The minimum Gasteiger partial charge on any atom is -0.504 e. The number of nitrogens with two attached hydrogens (primary N) is 1. The number of nitrogens with one attached hydrogen (secondary N) is 1. The lowest BCUT2D eigenvalue weighted by atomic mass is 10.1. The zero-order valence-electron chi connectivity index (χ0n) is 16.0. The summed E-state index contributed by atoms with van der Waals surface area (Å²) in [5, 5.41) is 10.5. The van der Waals surface area contributed by atoms with Crippen molar-refractivity contribution in [1.82, 2.24) is 19.5 Å². The van der Waals surface area contributed by atoms with Gasteiger partial charge >= 0.3 is 5.69 Å². The van der Waals surface area contributed by atoms with Crippen molar-refractivity contribution >= 4 is 17.1 Å². The van der Waals surface area contributed by atoms with E-state index in [1.807, 2.05) is 0 Å². The molecule has 2 aromatic carbocycles. The number of carbonyl (C=O) groups is 1. The van der Waals surface area contributed by atoms with Gasteiger partial charge in [0.25, 0.3) is 5.91 Å². The summed E-state index contributed by atoms with van der Waals surface area (Å²) in [6.45, 7) is 0. The molecule has 2 heterocycles. The summed E-state index contributed by atoms with van der Waals surface area (Å²) in [6.07, 6.45) is 0. The molecule has 0 spiro atoms. The van der Waals surface area contributed by atoms with E-state index >= 15 is 0 Å². The van der Waals surface area contributed by atoms with E-state index in [1.54, 1.807) is 42.5 Å². The molecule has 0 radical (unpaired) electrons. The fraction of sp³-hybridized carbons (Fsp3) is 0.100. The highest BCUT2D eigenvalue weighted by atomic mass is 16.5. The van der Waals surface area contributed by atoms with Crippen molar-refractivity contribution in [2.45, 2.75) is 0 Å². The lowest BCUT2D eigenvalue weighted by Crippen LogP contribution is -2.16. The topological polar surface area (TPSA) is 145 Å². The maximum absolute atomic E-state index is 12.8. The van der Waals surface area contributed by atoms with E-state index in [0.717, 1.165) is 0 Å². The van der Waals surface area contributed by atoms with Crippen LogP contribution < -0.4 is 20.9 Å². The van der Waals surface area contributed by atoms with Gasteiger partial charge in [0.05, 0.1) is 25.5 Å². The average Bonchev–Trinajstić information content (AvgIpc) is 3.08. The van der Waals surface area contributed by atoms with Crippen molar-refractivity contribution in [3.63, 3.8) is 0 Å². The van der Waals surface area contributed by atoms with Crippen LogP contribution in [-0.2, 0) is 0 Å². The number of fused-ring (bicyclic) bond motifs is 1. The largest absolute Gasteiger partial charge is 0.504 e. The molecule has 4 aromatic rings. The van der Waals surface area contributed by atoms with Crippen LogP contribution >= 0.6 is 0 Å². The number of benzene rings is 2. The first-order chi connectivity index (χ1) is 14.5. The number of rotatable bonds is 5. The Morgan fingerprint density at radius 2 is 1.77 bits per heavy atom. The second kappa shape index (κ2) is 7.24. The number of aromatic hydroxyl groups is 1. The first-order valence-corrected chi connectivity index (χ1v) is 8.78. The monoisotopic (exact) mass is 407 g/mol. The normalized spacial score (nSPS) is 10.9. The average molecular weight is 407 g/mol. The van der Waals surface area contributed by atoms with Gasteiger partial charge in [-0.1, -0.05) is 18.2 Å². The minimum absolute atomic E-state index is 0.00431. The number of hydrogen-bond donors (Lipinski definition) is 3. The molecule has 0 unspecified atom stereocenters. The van der Waals surface area contributed by atoms with Gasteiger partial charge in [0.1, 0.15) is 11.3 Å². The van der Waals surface area contributed by atoms with Gasteiger partial charge in [-0.15, -0.1) is 0 Å². The van der Waals surface area contributed by atoms with Crippen LogP contribution in [0.1, 0.15) is 10.5 Å². The number of nitrogens with zero attached hydrogens (tertiary/aromatic N) is 3. The number of carbonyl (C=O) groups excluding carboxylic acids is 1. The molecule has 0 saturated heterocycles. The zero-order chi connectivity index (χ0) is 21.4. The number of hydrogen-bond acceptors (Lipinski definition) is 7. The number of phenolic OH excluding ortho intramolecular Hbond substituents is 1. The summed E-state index contributed by atoms with van der Waals surface area (Å²) < 4.78 is 11.7. The Hall–Kier alpha value is -4.34. The van der Waals surface area contributed by atoms with Crippen LogP contribution in [0.3, 0.4) is 0 Å². The molecule has 0 fully saturated rings. The van der Waals surface area contributed by atoms with Crippen molar-refractivity contribution in [3.8, 4) is 34.3 Å². The number of ether oxygens (including phenoxy) is 2. The number of methoxy groups -OCH3 is 2. The summed E-state index contributed by atoms with van der Waals surface area (Å²) in [4.78, 5) is 36.0. The van der Waals surface area contributed by atoms with Crippen molar-refractivity contribution in [3.05, 3.63) is 58.6 Å². The Morgan fingerprint density at radius 1 is 1.07 bits per heavy atom. The molecule has 4 N–H and O–H groups in total. The standard InChI is InChI=1S/C20H17N5O5/c1-29-12-8-4-3-7-11(12)25-19-15(23-20(25)28)14(17(21)27)22-18(24-19)10-6-5-9-13(30-2)16(10)26/h3-9,26H,1-2H3,(H2,21,27)(H,23,28). The van der Waals surface area contributed by atoms with Crippen molar-refractivity contribution < 1.29 is 19.4 Å². The third-order valence-corrected chi connectivity index (χ3v) is 4.56. The van der Waals surface area contributed by atoms with Crippen LogP contribution in [0.4, 0.5) is 0 Å². The van der Waals surface area contributed by atoms with Gasteiger partial charge in [-0.25, -0.2) is 19.3 Å². The van der Waals surface area contributed by atoms with Gasteiger partial charge in [-0.05, 0) is 24.3 Å². The van der Waals surface area contributed by atoms with Crippen LogP contribution in [0, 0.1) is 0 Å². The maximum atomic E-state index is 12.8. The SMILES string of the molecule is COc1ccccc1-n1c(=O)[nH]c2c(C(N)=O)nc(-c3cccc(OC)c3O)nc21. The second-order valence-corrected chi connectivity index (χ2v) is 6.25. The van der Waals surface area contributed by atoms with Gasteiger partial charge in [0, 0.05) is 0 Å². The first kappa shape index (κ1) is 19.0. The van der Waals surface area contributed by atoms with Crippen LogP contribution in [0.5, 0.6) is 17.2 Å². The number of aromatic amines is 1. The molecule has 1 amide bonds. The van der Waals surface area contributed by atoms with E-state index in [2.05, 4.69) is 15.0 Å². The smallest absolute Gasteiger partial charge is 0.332 e. The van der Waals surface area contributed by atoms with Crippen LogP contribution in [0.15, 0.2) is 47.3 Å². The lowest BCUT2D eigenvalue weighted by molar-refractivity contribution is 0.0997. The summed E-state index contributed by atoms with van der Waals surface area (Å²) in [6, 6.07) is 11.6.